The Labute approximate surface area is 481 Å². The molecule has 76 heavy (non-hydrogen) atoms. The van der Waals surface area contributed by atoms with Crippen LogP contribution in [0.3, 0.4) is 0 Å². The number of phosphoric acid groups is 3. The molecule has 0 aliphatic carbocycles. The third-order valence-corrected chi connectivity index (χ3v) is 15.8. The first-order chi connectivity index (χ1) is 36.4. The third-order valence-electron chi connectivity index (χ3n) is 12.6. The topological polar surface area (TPSA) is 176 Å². The van der Waals surface area contributed by atoms with E-state index in [1.54, 1.807) is 20.8 Å². The fourth-order valence-corrected chi connectivity index (χ4v) is 10.4. The summed E-state index contributed by atoms with van der Waals surface area (Å²) in [5.41, 5.74) is 0. The monoisotopic (exact) mass is 1150 g/mol. The predicted molar refractivity (Wildman–Crippen MR) is 320 cm³/mol. The summed E-state index contributed by atoms with van der Waals surface area (Å²) >= 11 is 0. The molecule has 0 aliphatic heterocycles. The second-order valence-corrected chi connectivity index (χ2v) is 24.1. The Bertz CT molecular complexity index is 1200. The van der Waals surface area contributed by atoms with Crippen LogP contribution in [0.4, 0.5) is 0 Å². The van der Waals surface area contributed by atoms with Gasteiger partial charge in [-0.05, 0) is 117 Å². The Morgan fingerprint density at radius 2 is 0.408 bits per heavy atom. The maximum atomic E-state index is 11.2. The number of unbranched alkanes of at least 4 members (excludes halogenated alkanes) is 36. The van der Waals surface area contributed by atoms with Crippen LogP contribution in [-0.2, 0) is 40.8 Å². The van der Waals surface area contributed by atoms with Crippen LogP contribution < -0.4 is 14.7 Å². The Morgan fingerprint density at radius 1 is 0.250 bits per heavy atom. The molecule has 3 unspecified atom stereocenters. The molecule has 16 heteroatoms. The van der Waals surface area contributed by atoms with Gasteiger partial charge in [-0.1, -0.05) is 231 Å². The minimum Gasteiger partial charge on any atom is -0.756 e. The predicted octanol–water partition coefficient (Wildman–Crippen LogP) is 19.3. The molecule has 0 aliphatic rings. The van der Waals surface area contributed by atoms with Crippen LogP contribution in [0.25, 0.3) is 0 Å². The molecule has 0 bridgehead atoms. The van der Waals surface area contributed by atoms with E-state index in [1.165, 1.54) is 212 Å². The van der Waals surface area contributed by atoms with Gasteiger partial charge in [0.25, 0.3) is 23.5 Å². The second kappa shape index (κ2) is 67.6. The second-order valence-electron chi connectivity index (χ2n) is 19.9. The summed E-state index contributed by atoms with van der Waals surface area (Å²) in [4.78, 5) is 33.5. The van der Waals surface area contributed by atoms with Crippen LogP contribution in [0.5, 0.6) is 0 Å². The van der Waals surface area contributed by atoms with E-state index in [-0.39, 0.29) is 57.0 Å². The van der Waals surface area contributed by atoms with Crippen LogP contribution in [0.2, 0.25) is 0 Å². The van der Waals surface area contributed by atoms with E-state index in [4.69, 9.17) is 13.6 Å². The van der Waals surface area contributed by atoms with E-state index in [0.717, 1.165) is 57.8 Å². The van der Waals surface area contributed by atoms with Gasteiger partial charge in [-0.3, -0.25) is 13.7 Å². The van der Waals surface area contributed by atoms with Crippen molar-refractivity contribution in [1.82, 2.24) is 0 Å². The molecule has 0 rings (SSSR count). The molecule has 0 aromatic rings. The normalized spacial score (nSPS) is 14.0. The fourth-order valence-electron chi connectivity index (χ4n) is 8.16. The van der Waals surface area contributed by atoms with Crippen molar-refractivity contribution in [3.05, 3.63) is 36.5 Å². The molecule has 0 saturated carbocycles. The van der Waals surface area contributed by atoms with E-state index in [1.807, 2.05) is 0 Å². The molecular weight excluding hydrogens is 1030 g/mol. The molecule has 0 saturated heterocycles. The molecule has 0 amide bonds. The van der Waals surface area contributed by atoms with Crippen molar-refractivity contribution in [2.24, 2.45) is 0 Å². The first kappa shape index (κ1) is 82.5. The molecule has 0 radical (unpaired) electrons. The average Bonchev–Trinajstić information content (AvgIpc) is 3.37. The quantitative estimate of drug-likeness (QED) is 0.0244. The maximum Gasteiger partial charge on any atom is 3.00 e. The van der Waals surface area contributed by atoms with Gasteiger partial charge >= 0.3 is 17.4 Å². The maximum absolute atomic E-state index is 11.2. The number of phosphoric ester groups is 3. The van der Waals surface area contributed by atoms with Crippen molar-refractivity contribution in [2.75, 3.05) is 39.6 Å². The third kappa shape index (κ3) is 76.2. The van der Waals surface area contributed by atoms with Crippen molar-refractivity contribution in [3.8, 4) is 0 Å². The van der Waals surface area contributed by atoms with E-state index in [0.29, 0.717) is 0 Å². The Kier molecular flexibility index (Phi) is 73.4. The Morgan fingerprint density at radius 3 is 0.579 bits per heavy atom. The van der Waals surface area contributed by atoms with Crippen LogP contribution >= 0.6 is 23.5 Å². The summed E-state index contributed by atoms with van der Waals surface area (Å²) in [6.45, 7) is 12.8. The minimum absolute atomic E-state index is 0. The van der Waals surface area contributed by atoms with Gasteiger partial charge in [0.1, 0.15) is 0 Å². The van der Waals surface area contributed by atoms with E-state index in [2.05, 4.69) is 70.8 Å². The number of rotatable bonds is 57. The van der Waals surface area contributed by atoms with Crippen molar-refractivity contribution < 1.29 is 55.5 Å². The van der Waals surface area contributed by atoms with Crippen molar-refractivity contribution in [3.63, 3.8) is 0 Å². The largest absolute Gasteiger partial charge is 3.00 e. The van der Waals surface area contributed by atoms with Gasteiger partial charge in [0.05, 0.1) is 39.6 Å². The first-order valence-corrected chi connectivity index (χ1v) is 35.5. The van der Waals surface area contributed by atoms with Gasteiger partial charge in [0.15, 0.2) is 0 Å². The molecule has 0 aromatic heterocycles. The average molecular weight is 1150 g/mol. The standard InChI is InChI=1S/3C20H41O4P.Al/c3*1-3-5-6-7-8-9-10-11-12-13-14-15-16-17-18-19-20-24-25(21,22)23-4-2;/h3*11-12H,3-10,13-20H2,1-2H3,(H,21,22);/q;;;+3/p-3. The van der Waals surface area contributed by atoms with Gasteiger partial charge in [-0.25, -0.2) is 0 Å². The zero-order valence-electron chi connectivity index (χ0n) is 50.2. The van der Waals surface area contributed by atoms with Gasteiger partial charge in [0, 0.05) is 0 Å². The molecule has 0 spiro atoms. The van der Waals surface area contributed by atoms with Crippen molar-refractivity contribution in [2.45, 2.75) is 311 Å². The summed E-state index contributed by atoms with van der Waals surface area (Å²) < 4.78 is 61.4. The Hall–Kier alpha value is 0.0825. The molecule has 450 valence electrons. The van der Waals surface area contributed by atoms with Crippen LogP contribution in [0, 0.1) is 0 Å². The van der Waals surface area contributed by atoms with Crippen LogP contribution in [0.15, 0.2) is 36.5 Å². The van der Waals surface area contributed by atoms with Gasteiger partial charge in [-0.2, -0.15) is 0 Å². The van der Waals surface area contributed by atoms with Crippen molar-refractivity contribution >= 4 is 40.8 Å². The van der Waals surface area contributed by atoms with E-state index in [9.17, 15) is 28.4 Å². The minimum atomic E-state index is -4.04. The van der Waals surface area contributed by atoms with Gasteiger partial charge in [-0.15, -0.1) is 0 Å². The van der Waals surface area contributed by atoms with E-state index < -0.39 is 23.5 Å². The smallest absolute Gasteiger partial charge is 0.756 e. The number of hydrogen-bond acceptors (Lipinski definition) is 12. The SMILES string of the molecule is CCCCCCCCC=CCCCCCCCCOP(=O)([O-])OCC.CCCCCCCCC=CCCCCCCCCOP(=O)([O-])OCC.CCCCCCCCC=CCCCCCCCCOP(=O)([O-])OCC.[Al+3]. The molecule has 0 heterocycles. The van der Waals surface area contributed by atoms with Gasteiger partial charge in [0.2, 0.25) is 0 Å². The molecule has 3 atom stereocenters. The molecule has 0 fully saturated rings. The summed E-state index contributed by atoms with van der Waals surface area (Å²) in [5, 5.41) is 0. The number of hydrogen-bond donors (Lipinski definition) is 0. The molecular formula is C60H120AlO12P3. The zero-order valence-corrected chi connectivity index (χ0v) is 54.1. The Balaban J connectivity index is -0.000000508. The van der Waals surface area contributed by atoms with Crippen LogP contribution in [-0.4, -0.2) is 57.0 Å². The number of allylic oxidation sites excluding steroid dienone is 6. The van der Waals surface area contributed by atoms with E-state index >= 15 is 0 Å². The molecule has 0 N–H and O–H groups in total. The summed E-state index contributed by atoms with van der Waals surface area (Å²) in [5.74, 6) is 0. The molecule has 0 aromatic carbocycles. The fraction of sp³-hybridized carbons (Fsp3) is 0.900. The summed E-state index contributed by atoms with van der Waals surface area (Å²) in [6, 6.07) is 0. The molecule has 12 nitrogen and oxygen atoms in total. The van der Waals surface area contributed by atoms with Crippen molar-refractivity contribution in [1.29, 1.82) is 0 Å². The van der Waals surface area contributed by atoms with Crippen LogP contribution in [0.1, 0.15) is 311 Å². The zero-order chi connectivity index (χ0) is 55.9. The van der Waals surface area contributed by atoms with Gasteiger partial charge < -0.3 is 41.8 Å². The summed E-state index contributed by atoms with van der Waals surface area (Å²) in [7, 11) is -12.1. The first-order valence-electron chi connectivity index (χ1n) is 31.1. The summed E-state index contributed by atoms with van der Waals surface area (Å²) in [6.07, 6.45) is 65.9.